The molecule has 0 amide bonds. The third-order valence-corrected chi connectivity index (χ3v) is 30.9. The number of hydrogen-bond acceptors (Lipinski definition) is 8. The molecule has 0 aliphatic heterocycles. The van der Waals surface area contributed by atoms with E-state index in [1.54, 1.807) is 24.3 Å². The van der Waals surface area contributed by atoms with Crippen molar-refractivity contribution in [3.8, 4) is 24.3 Å². The molecule has 12 aromatic rings. The van der Waals surface area contributed by atoms with Crippen LogP contribution in [0.3, 0.4) is 0 Å². The van der Waals surface area contributed by atoms with Gasteiger partial charge in [-0.15, -0.1) is 9.03 Å². The minimum absolute atomic E-state index is 1.26. The summed E-state index contributed by atoms with van der Waals surface area (Å²) in [5.41, 5.74) is 0. The van der Waals surface area contributed by atoms with Gasteiger partial charge in [0.05, 0.1) is 24.3 Å². The number of nitriles is 4. The van der Waals surface area contributed by atoms with Gasteiger partial charge in [-0.25, -0.2) is 0 Å². The molecule has 0 fully saturated rings. The van der Waals surface area contributed by atoms with Crippen molar-refractivity contribution in [2.45, 2.75) is 27.7 Å². The Bertz CT molecular complexity index is 3700. The molecule has 0 atom stereocenters. The predicted octanol–water partition coefficient (Wildman–Crippen LogP) is 16.5. The first-order chi connectivity index (χ1) is 46.3. The molecule has 0 N–H and O–H groups in total. The van der Waals surface area contributed by atoms with Crippen LogP contribution in [0.25, 0.3) is 0 Å². The van der Waals surface area contributed by atoms with Gasteiger partial charge in [0, 0.05) is 59.5 Å². The van der Waals surface area contributed by atoms with Crippen molar-refractivity contribution in [2.24, 2.45) is 9.03 Å². The van der Waals surface area contributed by atoms with E-state index in [4.69, 9.17) is 53.7 Å². The lowest BCUT2D eigenvalue weighted by Crippen LogP contribution is -2.32. The molecule has 0 aliphatic carbocycles. The topological polar surface area (TPSA) is 167 Å². The first kappa shape index (κ1) is 73.6. The van der Waals surface area contributed by atoms with Crippen molar-refractivity contribution in [2.75, 3.05) is 0 Å². The second-order valence-electron chi connectivity index (χ2n) is 19.6. The molecular formula is C82H72N8P4. The Morgan fingerprint density at radius 1 is 0.213 bits per heavy atom. The van der Waals surface area contributed by atoms with Crippen molar-refractivity contribution in [3.63, 3.8) is 0 Å². The molecule has 0 bridgehead atoms. The SMILES string of the molecule is CC#N.CC#N.CC#N.CC#N.[C-]#N.[C-]#N.c1ccc(P(=N[P+](c2ccccc2)(c2ccccc2)c2ccccc2)(c2ccccc2)c2ccccc2)cc1.c1ccc(P(=N[P+](c2ccccc2)(c2ccccc2)c2ccccc2)(c2ccccc2)c2ccccc2)cc1. The van der Waals surface area contributed by atoms with Crippen LogP contribution >= 0.6 is 28.9 Å². The average molecular weight is 1290 g/mol. The van der Waals surface area contributed by atoms with Crippen molar-refractivity contribution in [3.05, 3.63) is 377 Å². The molecule has 0 spiro atoms. The lowest BCUT2D eigenvalue weighted by molar-refractivity contribution is 1.49. The molecule has 12 aromatic carbocycles. The van der Waals surface area contributed by atoms with Crippen molar-refractivity contribution < 1.29 is 0 Å². The fourth-order valence-corrected chi connectivity index (χ4v) is 29.5. The third kappa shape index (κ3) is 18.1. The molecule has 0 unspecified atom stereocenters. The van der Waals surface area contributed by atoms with Gasteiger partial charge >= 0.3 is 0 Å². The highest BCUT2D eigenvalue weighted by Crippen LogP contribution is 2.67. The molecule has 0 heterocycles. The van der Waals surface area contributed by atoms with Crippen molar-refractivity contribution >= 4 is 92.6 Å². The molecule has 460 valence electrons. The summed E-state index contributed by atoms with van der Waals surface area (Å²) >= 11 is 0. The second kappa shape index (κ2) is 40.6. The molecule has 0 saturated heterocycles. The second-order valence-corrected chi connectivity index (χ2v) is 32.4. The Morgan fingerprint density at radius 3 is 0.415 bits per heavy atom. The van der Waals surface area contributed by atoms with Crippen LogP contribution in [-0.4, -0.2) is 0 Å². The van der Waals surface area contributed by atoms with E-state index in [-0.39, 0.29) is 0 Å². The summed E-state index contributed by atoms with van der Waals surface area (Å²) in [7, 11) is -9.99. The molecule has 12 rings (SSSR count). The zero-order chi connectivity index (χ0) is 67.6. The standard InChI is InChI=1S/2C36H30NP2.4C2H3N.2CN/c2*1-7-19-31(20-8-1)38(32-21-9-2-10-22-32,33-23-11-3-12-24-33)37-39(34-25-13-4-14-26-34,35-27-15-5-16-28-35)36-29-17-6-18-30-36;4*1-2-3;2*1-2/h2*1-30H;4*1H3;;/q2*+1;;;;;2*-1. The van der Waals surface area contributed by atoms with Gasteiger partial charge in [-0.3, -0.25) is 0 Å². The first-order valence-corrected chi connectivity index (χ1v) is 36.7. The van der Waals surface area contributed by atoms with Gasteiger partial charge in [0.1, 0.15) is 45.9 Å². The van der Waals surface area contributed by atoms with E-state index < -0.39 is 28.9 Å². The minimum atomic E-state index is -2.50. The predicted molar refractivity (Wildman–Crippen MR) is 401 cm³/mol. The first-order valence-electron chi connectivity index (χ1n) is 29.8. The summed E-state index contributed by atoms with van der Waals surface area (Å²) in [4.78, 5) is 0. The van der Waals surface area contributed by atoms with Crippen molar-refractivity contribution in [1.29, 1.82) is 31.6 Å². The van der Waals surface area contributed by atoms with E-state index in [2.05, 4.69) is 364 Å². The molecular weight excluding hydrogens is 1220 g/mol. The van der Waals surface area contributed by atoms with Gasteiger partial charge in [0.15, 0.2) is 0 Å². The molecule has 0 aliphatic rings. The van der Waals surface area contributed by atoms with Crippen LogP contribution in [0, 0.1) is 69.0 Å². The average Bonchev–Trinajstić information content (AvgIpc) is 0.729. The van der Waals surface area contributed by atoms with Crippen LogP contribution in [0.2, 0.25) is 0 Å². The van der Waals surface area contributed by atoms with Gasteiger partial charge < -0.3 is 23.7 Å². The number of benzene rings is 12. The highest BCUT2D eigenvalue weighted by Gasteiger charge is 2.51. The molecule has 8 nitrogen and oxygen atoms in total. The zero-order valence-corrected chi connectivity index (χ0v) is 56.6. The lowest BCUT2D eigenvalue weighted by atomic mass is 10.4. The van der Waals surface area contributed by atoms with Gasteiger partial charge in [-0.1, -0.05) is 291 Å². The molecule has 0 saturated carbocycles. The summed E-state index contributed by atoms with van der Waals surface area (Å²) in [6.07, 6.45) is 0. The van der Waals surface area contributed by atoms with Crippen LogP contribution in [0.15, 0.2) is 373 Å². The maximum atomic E-state index is 7.32. The van der Waals surface area contributed by atoms with E-state index in [0.717, 1.165) is 0 Å². The zero-order valence-electron chi connectivity index (χ0n) is 53.0. The Labute approximate surface area is 558 Å². The molecule has 0 aromatic heterocycles. The maximum Gasteiger partial charge on any atom is 0.228 e. The van der Waals surface area contributed by atoms with E-state index >= 15 is 0 Å². The van der Waals surface area contributed by atoms with Crippen LogP contribution in [0.4, 0.5) is 0 Å². The fourth-order valence-electron chi connectivity index (χ4n) is 10.5. The Hall–Kier alpha value is -11.1. The van der Waals surface area contributed by atoms with Gasteiger partial charge in [-0.2, -0.15) is 21.0 Å². The van der Waals surface area contributed by atoms with Crippen LogP contribution in [0.5, 0.6) is 0 Å². The number of hydrogen-bond donors (Lipinski definition) is 0. The maximum absolute atomic E-state index is 7.32. The van der Waals surface area contributed by atoms with Crippen LogP contribution in [0.1, 0.15) is 27.7 Å². The highest BCUT2D eigenvalue weighted by atomic mass is 31.2. The Morgan fingerprint density at radius 2 is 0.309 bits per heavy atom. The lowest BCUT2D eigenvalue weighted by Gasteiger charge is -2.31. The van der Waals surface area contributed by atoms with E-state index in [0.29, 0.717) is 0 Å². The summed E-state index contributed by atoms with van der Waals surface area (Å²) in [5, 5.41) is 56.9. The Balaban J connectivity index is 0.000000279. The van der Waals surface area contributed by atoms with Crippen LogP contribution in [-0.2, 0) is 0 Å². The smallest absolute Gasteiger partial charge is 0.228 e. The third-order valence-electron chi connectivity index (χ3n) is 14.1. The molecule has 94 heavy (non-hydrogen) atoms. The molecule has 0 radical (unpaired) electrons. The summed E-state index contributed by atoms with van der Waals surface area (Å²) in [5.74, 6) is 0. The Kier molecular flexibility index (Phi) is 31.8. The van der Waals surface area contributed by atoms with Gasteiger partial charge in [0.2, 0.25) is 14.8 Å². The number of rotatable bonds is 14. The van der Waals surface area contributed by atoms with E-state index in [9.17, 15) is 0 Å². The monoisotopic (exact) mass is 1290 g/mol. The fraction of sp³-hybridized carbons (Fsp3) is 0.0488. The summed E-state index contributed by atoms with van der Waals surface area (Å²) < 4.78 is 12.8. The summed E-state index contributed by atoms with van der Waals surface area (Å²) in [6, 6.07) is 138. The van der Waals surface area contributed by atoms with Gasteiger partial charge in [-0.05, 0) is 72.8 Å². The normalized spacial score (nSPS) is 10.0. The van der Waals surface area contributed by atoms with E-state index in [1.165, 1.54) is 91.3 Å². The quantitative estimate of drug-likeness (QED) is 0.0776. The van der Waals surface area contributed by atoms with Crippen LogP contribution < -0.4 is 63.7 Å². The largest absolute Gasteiger partial charge is 0.512 e. The number of nitrogens with zero attached hydrogens (tertiary/aromatic N) is 8. The molecule has 12 heteroatoms. The van der Waals surface area contributed by atoms with E-state index in [1.807, 2.05) is 0 Å². The summed E-state index contributed by atoms with van der Waals surface area (Å²) in [6.45, 7) is 15.2. The van der Waals surface area contributed by atoms with Gasteiger partial charge in [0.25, 0.3) is 0 Å². The minimum Gasteiger partial charge on any atom is -0.512 e. The van der Waals surface area contributed by atoms with Crippen molar-refractivity contribution in [1.82, 2.24) is 0 Å². The highest BCUT2D eigenvalue weighted by molar-refractivity contribution is 8.02.